The average Bonchev–Trinajstić information content (AvgIpc) is 2.64. The number of aromatic amines is 1. The molecule has 0 bridgehead atoms. The third-order valence-electron chi connectivity index (χ3n) is 2.01. The van der Waals surface area contributed by atoms with Crippen molar-refractivity contribution in [2.45, 2.75) is 31.5 Å². The second-order valence-electron chi connectivity index (χ2n) is 3.18. The number of ether oxygens (including phenoxy) is 1. The first-order valence-electron chi connectivity index (χ1n) is 5.03. The summed E-state index contributed by atoms with van der Waals surface area (Å²) in [6.07, 6.45) is 1.91. The summed E-state index contributed by atoms with van der Waals surface area (Å²) in [5.41, 5.74) is -0.235. The highest BCUT2D eigenvalue weighted by molar-refractivity contribution is 7.99. The predicted molar refractivity (Wildman–Crippen MR) is 60.5 cm³/mol. The van der Waals surface area contributed by atoms with Gasteiger partial charge in [0.1, 0.15) is 0 Å². The highest BCUT2D eigenvalue weighted by Gasteiger charge is 2.10. The topological polar surface area (TPSA) is 77.0 Å². The molecule has 1 aromatic rings. The van der Waals surface area contributed by atoms with Gasteiger partial charge in [-0.15, -0.1) is 5.10 Å². The lowest BCUT2D eigenvalue weighted by Crippen LogP contribution is -2.18. The van der Waals surface area contributed by atoms with Crippen LogP contribution in [-0.2, 0) is 16.1 Å². The van der Waals surface area contributed by atoms with Crippen LogP contribution in [-0.4, -0.2) is 33.6 Å². The number of carbonyl (C=O) groups excluding carboxylic acids is 1. The van der Waals surface area contributed by atoms with Crippen molar-refractivity contribution >= 4 is 17.7 Å². The Morgan fingerprint density at radius 1 is 1.62 bits per heavy atom. The van der Waals surface area contributed by atoms with Gasteiger partial charge in [-0.25, -0.2) is 9.89 Å². The molecule has 0 aliphatic heterocycles. The van der Waals surface area contributed by atoms with Gasteiger partial charge in [0.15, 0.2) is 5.16 Å². The largest absolute Gasteiger partial charge is 0.468 e. The quantitative estimate of drug-likeness (QED) is 0.587. The summed E-state index contributed by atoms with van der Waals surface area (Å²) in [6.45, 7) is 2.67. The van der Waals surface area contributed by atoms with Crippen LogP contribution in [0.25, 0.3) is 0 Å². The van der Waals surface area contributed by atoms with Crippen LogP contribution in [0.4, 0.5) is 0 Å². The highest BCUT2D eigenvalue weighted by atomic mass is 32.2. The molecular formula is C9H15N3O3S. The van der Waals surface area contributed by atoms with Crippen LogP contribution in [0.3, 0.4) is 0 Å². The molecule has 6 nitrogen and oxygen atoms in total. The normalized spacial score (nSPS) is 10.4. The van der Waals surface area contributed by atoms with Crippen LogP contribution >= 0.6 is 11.8 Å². The number of methoxy groups -OCH3 is 1. The maximum atomic E-state index is 11.4. The molecule has 1 heterocycles. The molecule has 0 fully saturated rings. The third kappa shape index (κ3) is 3.41. The molecule has 0 aliphatic rings. The van der Waals surface area contributed by atoms with E-state index in [0.29, 0.717) is 11.7 Å². The van der Waals surface area contributed by atoms with E-state index < -0.39 is 0 Å². The molecule has 90 valence electrons. The summed E-state index contributed by atoms with van der Waals surface area (Å²) < 4.78 is 6.05. The van der Waals surface area contributed by atoms with Crippen molar-refractivity contribution < 1.29 is 9.53 Å². The van der Waals surface area contributed by atoms with Crippen molar-refractivity contribution in [2.75, 3.05) is 12.9 Å². The van der Waals surface area contributed by atoms with E-state index in [1.54, 1.807) is 0 Å². The fraction of sp³-hybridized carbons (Fsp3) is 0.667. The van der Waals surface area contributed by atoms with Crippen molar-refractivity contribution in [1.82, 2.24) is 14.8 Å². The zero-order valence-electron chi connectivity index (χ0n) is 9.36. The van der Waals surface area contributed by atoms with E-state index in [1.807, 2.05) is 6.92 Å². The van der Waals surface area contributed by atoms with Gasteiger partial charge < -0.3 is 4.74 Å². The second-order valence-corrected chi connectivity index (χ2v) is 4.12. The second kappa shape index (κ2) is 6.37. The van der Waals surface area contributed by atoms with Crippen molar-refractivity contribution in [2.24, 2.45) is 0 Å². The Hall–Kier alpha value is -1.24. The number of H-pyrrole nitrogens is 1. The van der Waals surface area contributed by atoms with E-state index in [1.165, 1.54) is 23.4 Å². The molecule has 7 heteroatoms. The number of esters is 1. The number of hydrogen-bond donors (Lipinski definition) is 1. The highest BCUT2D eigenvalue weighted by Crippen LogP contribution is 2.13. The average molecular weight is 245 g/mol. The molecule has 1 rings (SSSR count). The maximum absolute atomic E-state index is 11.4. The molecule has 1 N–H and O–H groups in total. The minimum Gasteiger partial charge on any atom is -0.468 e. The van der Waals surface area contributed by atoms with Gasteiger partial charge in [-0.3, -0.25) is 9.36 Å². The molecule has 0 aliphatic carbocycles. The number of unbranched alkanes of at least 4 members (excludes halogenated alkanes) is 1. The van der Waals surface area contributed by atoms with Gasteiger partial charge in [-0.1, -0.05) is 25.1 Å². The molecule has 0 spiro atoms. The first-order chi connectivity index (χ1) is 7.69. The molecule has 0 atom stereocenters. The van der Waals surface area contributed by atoms with Crippen LogP contribution in [0.5, 0.6) is 0 Å². The van der Waals surface area contributed by atoms with Crippen molar-refractivity contribution in [1.29, 1.82) is 0 Å². The van der Waals surface area contributed by atoms with Gasteiger partial charge in [-0.2, -0.15) is 0 Å². The van der Waals surface area contributed by atoms with Crippen molar-refractivity contribution in [3.63, 3.8) is 0 Å². The summed E-state index contributed by atoms with van der Waals surface area (Å²) in [7, 11) is 1.33. The molecule has 16 heavy (non-hydrogen) atoms. The number of thioether (sulfide) groups is 1. The Labute approximate surface area is 97.4 Å². The van der Waals surface area contributed by atoms with Gasteiger partial charge >= 0.3 is 11.7 Å². The molecule has 0 aromatic carbocycles. The van der Waals surface area contributed by atoms with Crippen LogP contribution in [0.1, 0.15) is 19.8 Å². The summed E-state index contributed by atoms with van der Waals surface area (Å²) in [6, 6.07) is 0. The number of carbonyl (C=O) groups is 1. The van der Waals surface area contributed by atoms with Crippen molar-refractivity contribution in [3.05, 3.63) is 10.5 Å². The van der Waals surface area contributed by atoms with E-state index in [-0.39, 0.29) is 17.4 Å². The first kappa shape index (κ1) is 12.8. The minimum atomic E-state index is -0.331. The van der Waals surface area contributed by atoms with Gasteiger partial charge in [0.05, 0.1) is 12.9 Å². The monoisotopic (exact) mass is 245 g/mol. The van der Waals surface area contributed by atoms with E-state index in [0.717, 1.165) is 12.8 Å². The lowest BCUT2D eigenvalue weighted by molar-refractivity contribution is -0.137. The molecular weight excluding hydrogens is 230 g/mol. The Balaban J connectivity index is 2.65. The minimum absolute atomic E-state index is 0.160. The van der Waals surface area contributed by atoms with E-state index in [4.69, 9.17) is 0 Å². The number of rotatable bonds is 6. The van der Waals surface area contributed by atoms with Gasteiger partial charge in [0.25, 0.3) is 0 Å². The summed E-state index contributed by atoms with van der Waals surface area (Å²) in [5, 5.41) is 6.76. The van der Waals surface area contributed by atoms with Gasteiger partial charge in [0.2, 0.25) is 0 Å². The number of nitrogens with one attached hydrogen (secondary N) is 1. The molecule has 0 saturated heterocycles. The van der Waals surface area contributed by atoms with Crippen LogP contribution in [0.15, 0.2) is 9.95 Å². The Bertz CT molecular complexity index is 399. The van der Waals surface area contributed by atoms with Crippen LogP contribution in [0, 0.1) is 0 Å². The summed E-state index contributed by atoms with van der Waals surface area (Å²) in [4.78, 5) is 22.3. The summed E-state index contributed by atoms with van der Waals surface area (Å²) >= 11 is 1.20. The summed E-state index contributed by atoms with van der Waals surface area (Å²) in [5.74, 6) is -0.171. The van der Waals surface area contributed by atoms with Crippen molar-refractivity contribution in [3.8, 4) is 0 Å². The molecule has 0 saturated carbocycles. The van der Waals surface area contributed by atoms with Gasteiger partial charge in [0, 0.05) is 6.54 Å². The number of aromatic nitrogens is 3. The van der Waals surface area contributed by atoms with Crippen LogP contribution < -0.4 is 5.69 Å². The number of hydrogen-bond acceptors (Lipinski definition) is 5. The molecule has 1 aromatic heterocycles. The Kier molecular flexibility index (Phi) is 5.10. The standard InChI is InChI=1S/C9H15N3O3S/c1-3-4-5-12-8(14)10-11-9(12)16-6-7(13)15-2/h3-6H2,1-2H3,(H,10,14). The third-order valence-corrected chi connectivity index (χ3v) is 2.96. The lowest BCUT2D eigenvalue weighted by atomic mass is 10.3. The van der Waals surface area contributed by atoms with E-state index in [9.17, 15) is 9.59 Å². The molecule has 0 amide bonds. The van der Waals surface area contributed by atoms with Gasteiger partial charge in [-0.05, 0) is 6.42 Å². The smallest absolute Gasteiger partial charge is 0.343 e. The lowest BCUT2D eigenvalue weighted by Gasteiger charge is -2.03. The van der Waals surface area contributed by atoms with E-state index in [2.05, 4.69) is 14.9 Å². The fourth-order valence-corrected chi connectivity index (χ4v) is 1.91. The van der Waals surface area contributed by atoms with Crippen LogP contribution in [0.2, 0.25) is 0 Å². The zero-order valence-corrected chi connectivity index (χ0v) is 10.2. The zero-order chi connectivity index (χ0) is 12.0. The maximum Gasteiger partial charge on any atom is 0.343 e. The SMILES string of the molecule is CCCCn1c(SCC(=O)OC)n[nH]c1=O. The number of nitrogens with zero attached hydrogens (tertiary/aromatic N) is 2. The predicted octanol–water partition coefficient (Wildman–Crippen LogP) is 0.637. The molecule has 0 unspecified atom stereocenters. The Morgan fingerprint density at radius 2 is 2.38 bits per heavy atom. The van der Waals surface area contributed by atoms with E-state index >= 15 is 0 Å². The fourth-order valence-electron chi connectivity index (χ4n) is 1.11. The molecule has 0 radical (unpaired) electrons. The Morgan fingerprint density at radius 3 is 3.00 bits per heavy atom. The first-order valence-corrected chi connectivity index (χ1v) is 6.02.